The Hall–Kier alpha value is -2.23. The van der Waals surface area contributed by atoms with E-state index in [1.807, 2.05) is 0 Å². The number of rotatable bonds is 4. The van der Waals surface area contributed by atoms with Crippen molar-refractivity contribution >= 4 is 44.7 Å². The summed E-state index contributed by atoms with van der Waals surface area (Å²) in [7, 11) is -3.27. The van der Waals surface area contributed by atoms with Crippen LogP contribution in [0.2, 0.25) is 4.34 Å². The van der Waals surface area contributed by atoms with Crippen molar-refractivity contribution in [3.8, 4) is 11.5 Å². The third-order valence-electron chi connectivity index (χ3n) is 2.97. The summed E-state index contributed by atoms with van der Waals surface area (Å²) in [4.78, 5) is 12.6. The van der Waals surface area contributed by atoms with E-state index < -0.39 is 15.7 Å². The first kappa shape index (κ1) is 16.6. The van der Waals surface area contributed by atoms with Crippen molar-refractivity contribution in [3.05, 3.63) is 45.6 Å². The lowest BCUT2D eigenvalue weighted by Gasteiger charge is -1.99. The maximum atomic E-state index is 12.0. The second-order valence-corrected chi connectivity index (χ2v) is 8.50. The molecule has 3 rings (SSSR count). The Kier molecular flexibility index (Phi) is 4.39. The molecule has 0 spiro atoms. The summed E-state index contributed by atoms with van der Waals surface area (Å²) in [5, 5.41) is 10.0. The minimum absolute atomic E-state index is 0.0632. The van der Waals surface area contributed by atoms with E-state index in [1.54, 1.807) is 24.3 Å². The van der Waals surface area contributed by atoms with Crippen LogP contribution in [0.3, 0.4) is 0 Å². The molecule has 2 aromatic heterocycles. The number of carbonyl (C=O) groups is 1. The van der Waals surface area contributed by atoms with Crippen LogP contribution in [0.1, 0.15) is 9.67 Å². The summed E-state index contributed by atoms with van der Waals surface area (Å²) in [6, 6.07) is 9.13. The number of nitrogens with zero attached hydrogens (tertiary/aromatic N) is 2. The Morgan fingerprint density at radius 3 is 2.46 bits per heavy atom. The highest BCUT2D eigenvalue weighted by molar-refractivity contribution is 7.90. The lowest BCUT2D eigenvalue weighted by molar-refractivity contribution is 0.102. The molecule has 0 saturated heterocycles. The van der Waals surface area contributed by atoms with Gasteiger partial charge in [0.05, 0.1) is 14.1 Å². The molecule has 0 saturated carbocycles. The van der Waals surface area contributed by atoms with Crippen LogP contribution in [-0.4, -0.2) is 30.8 Å². The third-order valence-corrected chi connectivity index (χ3v) is 5.33. The van der Waals surface area contributed by atoms with Crippen LogP contribution in [-0.2, 0) is 9.84 Å². The SMILES string of the molecule is CS(=O)(=O)c1ccc(-c2nnc(NC(=O)c3ccc(Cl)s3)o2)cc1. The Labute approximate surface area is 146 Å². The lowest BCUT2D eigenvalue weighted by Crippen LogP contribution is -2.10. The molecule has 1 N–H and O–H groups in total. The molecule has 1 aromatic carbocycles. The van der Waals surface area contributed by atoms with Crippen molar-refractivity contribution in [3.63, 3.8) is 0 Å². The maximum Gasteiger partial charge on any atom is 0.322 e. The Bertz CT molecular complexity index is 993. The third kappa shape index (κ3) is 3.64. The lowest BCUT2D eigenvalue weighted by atomic mass is 10.2. The summed E-state index contributed by atoms with van der Waals surface area (Å²) in [6.45, 7) is 0. The Balaban J connectivity index is 1.77. The van der Waals surface area contributed by atoms with Crippen LogP contribution in [0.15, 0.2) is 45.7 Å². The number of benzene rings is 1. The highest BCUT2D eigenvalue weighted by Gasteiger charge is 2.15. The predicted octanol–water partition coefficient (Wildman–Crippen LogP) is 3.11. The van der Waals surface area contributed by atoms with Crippen LogP contribution in [0.25, 0.3) is 11.5 Å². The highest BCUT2D eigenvalue weighted by Crippen LogP contribution is 2.24. The average molecular weight is 384 g/mol. The van der Waals surface area contributed by atoms with E-state index in [0.29, 0.717) is 14.8 Å². The molecule has 124 valence electrons. The first-order valence-electron chi connectivity index (χ1n) is 6.53. The average Bonchev–Trinajstić information content (AvgIpc) is 3.16. The number of hydrogen-bond donors (Lipinski definition) is 1. The van der Waals surface area contributed by atoms with Gasteiger partial charge in [-0.05, 0) is 36.4 Å². The van der Waals surface area contributed by atoms with Crippen LogP contribution in [0.5, 0.6) is 0 Å². The molecule has 1 amide bonds. The van der Waals surface area contributed by atoms with Gasteiger partial charge in [0.15, 0.2) is 9.84 Å². The number of halogens is 1. The molecule has 0 fully saturated rings. The second kappa shape index (κ2) is 6.34. The van der Waals surface area contributed by atoms with Gasteiger partial charge in [-0.3, -0.25) is 10.1 Å². The zero-order valence-electron chi connectivity index (χ0n) is 12.2. The molecule has 0 radical (unpaired) electrons. The second-order valence-electron chi connectivity index (χ2n) is 4.77. The number of anilines is 1. The standard InChI is InChI=1S/C14H10ClN3O4S2/c1-24(20,21)9-4-2-8(3-5-9)13-17-18-14(22-13)16-12(19)10-6-7-11(15)23-10/h2-7H,1H3,(H,16,18,19). The van der Waals surface area contributed by atoms with Gasteiger partial charge in [-0.15, -0.1) is 16.4 Å². The first-order chi connectivity index (χ1) is 11.3. The van der Waals surface area contributed by atoms with Crippen molar-refractivity contribution in [2.24, 2.45) is 0 Å². The zero-order chi connectivity index (χ0) is 17.3. The fourth-order valence-corrected chi connectivity index (χ4v) is 3.40. The molecule has 0 aliphatic rings. The molecule has 0 aliphatic carbocycles. The van der Waals surface area contributed by atoms with Crippen LogP contribution < -0.4 is 5.32 Å². The number of nitrogens with one attached hydrogen (secondary N) is 1. The highest BCUT2D eigenvalue weighted by atomic mass is 35.5. The fraction of sp³-hybridized carbons (Fsp3) is 0.0714. The summed E-state index contributed by atoms with van der Waals surface area (Å²) in [6.07, 6.45) is 1.12. The number of hydrogen-bond acceptors (Lipinski definition) is 7. The minimum Gasteiger partial charge on any atom is -0.403 e. The monoisotopic (exact) mass is 383 g/mol. The van der Waals surface area contributed by atoms with Crippen molar-refractivity contribution in [2.75, 3.05) is 11.6 Å². The van der Waals surface area contributed by atoms with Gasteiger partial charge in [-0.2, -0.15) is 0 Å². The van der Waals surface area contributed by atoms with Gasteiger partial charge in [0.1, 0.15) is 0 Å². The molecule has 3 aromatic rings. The topological polar surface area (TPSA) is 102 Å². The van der Waals surface area contributed by atoms with E-state index >= 15 is 0 Å². The van der Waals surface area contributed by atoms with Crippen molar-refractivity contribution in [2.45, 2.75) is 4.90 Å². The van der Waals surface area contributed by atoms with Crippen LogP contribution in [0, 0.1) is 0 Å². The number of carbonyl (C=O) groups excluding carboxylic acids is 1. The molecule has 2 heterocycles. The van der Waals surface area contributed by atoms with Gasteiger partial charge in [0.2, 0.25) is 5.89 Å². The van der Waals surface area contributed by atoms with Gasteiger partial charge >= 0.3 is 6.01 Å². The minimum atomic E-state index is -3.27. The van der Waals surface area contributed by atoms with E-state index in [2.05, 4.69) is 15.5 Å². The van der Waals surface area contributed by atoms with Gasteiger partial charge < -0.3 is 4.42 Å². The van der Waals surface area contributed by atoms with Crippen LogP contribution in [0.4, 0.5) is 6.01 Å². The van der Waals surface area contributed by atoms with E-state index in [9.17, 15) is 13.2 Å². The van der Waals surface area contributed by atoms with Gasteiger partial charge in [0, 0.05) is 11.8 Å². The smallest absolute Gasteiger partial charge is 0.322 e. The van der Waals surface area contributed by atoms with E-state index in [-0.39, 0.29) is 16.8 Å². The maximum absolute atomic E-state index is 12.0. The van der Waals surface area contributed by atoms with Crippen molar-refractivity contribution < 1.29 is 17.6 Å². The zero-order valence-corrected chi connectivity index (χ0v) is 14.6. The summed E-state index contributed by atoms with van der Waals surface area (Å²) in [5.41, 5.74) is 0.537. The molecule has 0 bridgehead atoms. The summed E-state index contributed by atoms with van der Waals surface area (Å²) in [5.74, 6) is -0.246. The molecular weight excluding hydrogens is 374 g/mol. The van der Waals surface area contributed by atoms with Crippen molar-refractivity contribution in [1.29, 1.82) is 0 Å². The summed E-state index contributed by atoms with van der Waals surface area (Å²) < 4.78 is 28.7. The largest absolute Gasteiger partial charge is 0.403 e. The Morgan fingerprint density at radius 1 is 1.17 bits per heavy atom. The predicted molar refractivity (Wildman–Crippen MR) is 90.1 cm³/mol. The molecular formula is C14H10ClN3O4S2. The van der Waals surface area contributed by atoms with E-state index in [0.717, 1.165) is 17.6 Å². The normalized spacial score (nSPS) is 11.4. The van der Waals surface area contributed by atoms with Crippen LogP contribution >= 0.6 is 22.9 Å². The number of sulfone groups is 1. The number of aromatic nitrogens is 2. The molecule has 0 unspecified atom stereocenters. The molecule has 0 aliphatic heterocycles. The molecule has 10 heteroatoms. The molecule has 7 nitrogen and oxygen atoms in total. The fourth-order valence-electron chi connectivity index (χ4n) is 1.83. The van der Waals surface area contributed by atoms with Gasteiger partial charge in [-0.1, -0.05) is 16.7 Å². The first-order valence-corrected chi connectivity index (χ1v) is 9.62. The van der Waals surface area contributed by atoms with Gasteiger partial charge in [-0.25, -0.2) is 8.42 Å². The molecule has 0 atom stereocenters. The van der Waals surface area contributed by atoms with Crippen molar-refractivity contribution in [1.82, 2.24) is 10.2 Å². The summed E-state index contributed by atoms with van der Waals surface area (Å²) >= 11 is 6.91. The van der Waals surface area contributed by atoms with E-state index in [4.69, 9.17) is 16.0 Å². The van der Waals surface area contributed by atoms with E-state index in [1.165, 1.54) is 12.1 Å². The number of thiophene rings is 1. The Morgan fingerprint density at radius 2 is 1.88 bits per heavy atom. The van der Waals surface area contributed by atoms with Gasteiger partial charge in [0.25, 0.3) is 5.91 Å². The quantitative estimate of drug-likeness (QED) is 0.742. The number of amides is 1. The molecule has 24 heavy (non-hydrogen) atoms.